The van der Waals surface area contributed by atoms with Crippen LogP contribution < -0.4 is 0 Å². The summed E-state index contributed by atoms with van der Waals surface area (Å²) in [6.45, 7) is 4.18. The van der Waals surface area contributed by atoms with Crippen LogP contribution in [0.2, 0.25) is 0 Å². The third-order valence-electron chi connectivity index (χ3n) is 3.20. The summed E-state index contributed by atoms with van der Waals surface area (Å²) < 4.78 is 26.4. The van der Waals surface area contributed by atoms with Gasteiger partial charge in [0.2, 0.25) is 0 Å². The van der Waals surface area contributed by atoms with Gasteiger partial charge in [-0.1, -0.05) is 13.8 Å². The minimum atomic E-state index is -0.435. The van der Waals surface area contributed by atoms with E-state index in [0.717, 1.165) is 18.6 Å². The Labute approximate surface area is 93.2 Å². The molecule has 0 amide bonds. The molecule has 0 nitrogen and oxygen atoms in total. The molecule has 2 atom stereocenters. The van der Waals surface area contributed by atoms with Crippen molar-refractivity contribution in [3.8, 4) is 0 Å². The Morgan fingerprint density at radius 2 is 2.00 bits per heavy atom. The van der Waals surface area contributed by atoms with Gasteiger partial charge in [-0.15, -0.1) is 11.6 Å². The van der Waals surface area contributed by atoms with Crippen molar-refractivity contribution in [2.24, 2.45) is 11.3 Å². The third kappa shape index (κ3) is 2.00. The van der Waals surface area contributed by atoms with Crippen molar-refractivity contribution in [2.45, 2.75) is 25.6 Å². The van der Waals surface area contributed by atoms with Crippen molar-refractivity contribution in [3.63, 3.8) is 0 Å². The fourth-order valence-corrected chi connectivity index (χ4v) is 2.55. The van der Waals surface area contributed by atoms with Crippen molar-refractivity contribution >= 4 is 11.6 Å². The Kier molecular flexibility index (Phi) is 2.50. The molecule has 0 radical (unpaired) electrons. The summed E-state index contributed by atoms with van der Waals surface area (Å²) in [4.78, 5) is 0. The van der Waals surface area contributed by atoms with Crippen LogP contribution in [0.4, 0.5) is 8.78 Å². The van der Waals surface area contributed by atoms with Crippen LogP contribution in [-0.2, 0) is 0 Å². The van der Waals surface area contributed by atoms with E-state index in [1.165, 1.54) is 6.07 Å². The molecule has 1 aromatic rings. The lowest BCUT2D eigenvalue weighted by atomic mass is 10.0. The first-order valence-electron chi connectivity index (χ1n) is 5.01. The van der Waals surface area contributed by atoms with E-state index in [4.69, 9.17) is 11.6 Å². The standard InChI is InChI=1S/C12H13ClF2/c1-12(2)6-9(12)11(13)8-5-7(14)3-4-10(8)15/h3-5,9,11H,6H2,1-2H3. The highest BCUT2D eigenvalue weighted by atomic mass is 35.5. The Bertz CT molecular complexity index is 387. The highest BCUT2D eigenvalue weighted by Gasteiger charge is 2.50. The normalized spacial score (nSPS) is 25.0. The van der Waals surface area contributed by atoms with Crippen LogP contribution >= 0.6 is 11.6 Å². The van der Waals surface area contributed by atoms with E-state index in [0.29, 0.717) is 0 Å². The zero-order valence-corrected chi connectivity index (χ0v) is 9.48. The summed E-state index contributed by atoms with van der Waals surface area (Å²) in [5.74, 6) is -0.606. The molecular formula is C12H13ClF2. The predicted molar refractivity (Wildman–Crippen MR) is 56.8 cm³/mol. The van der Waals surface area contributed by atoms with Gasteiger partial charge in [-0.25, -0.2) is 8.78 Å². The van der Waals surface area contributed by atoms with Crippen LogP contribution in [0.25, 0.3) is 0 Å². The lowest BCUT2D eigenvalue weighted by Crippen LogP contribution is -2.02. The second kappa shape index (κ2) is 3.44. The van der Waals surface area contributed by atoms with Gasteiger partial charge in [0.05, 0.1) is 5.38 Å². The molecule has 15 heavy (non-hydrogen) atoms. The maximum atomic E-state index is 13.4. The first-order valence-corrected chi connectivity index (χ1v) is 5.44. The number of benzene rings is 1. The van der Waals surface area contributed by atoms with E-state index < -0.39 is 17.0 Å². The van der Waals surface area contributed by atoms with E-state index in [1.807, 2.05) is 0 Å². The lowest BCUT2D eigenvalue weighted by molar-refractivity contribution is 0.525. The molecule has 1 aliphatic rings. The lowest BCUT2D eigenvalue weighted by Gasteiger charge is -2.12. The second-order valence-electron chi connectivity index (χ2n) is 4.87. The fourth-order valence-electron chi connectivity index (χ4n) is 1.95. The van der Waals surface area contributed by atoms with Crippen molar-refractivity contribution in [2.75, 3.05) is 0 Å². The van der Waals surface area contributed by atoms with Gasteiger partial charge in [0.25, 0.3) is 0 Å². The summed E-state index contributed by atoms with van der Waals surface area (Å²) >= 11 is 6.16. The molecular weight excluding hydrogens is 218 g/mol. The van der Waals surface area contributed by atoms with E-state index in [-0.39, 0.29) is 16.9 Å². The molecule has 0 bridgehead atoms. The monoisotopic (exact) mass is 230 g/mol. The fraction of sp³-hybridized carbons (Fsp3) is 0.500. The van der Waals surface area contributed by atoms with Gasteiger partial charge in [-0.3, -0.25) is 0 Å². The predicted octanol–water partition coefficient (Wildman–Crippen LogP) is 4.29. The Balaban J connectivity index is 2.26. The molecule has 1 aromatic carbocycles. The molecule has 3 heteroatoms. The van der Waals surface area contributed by atoms with E-state index in [9.17, 15) is 8.78 Å². The van der Waals surface area contributed by atoms with Crippen molar-refractivity contribution in [3.05, 3.63) is 35.4 Å². The van der Waals surface area contributed by atoms with Gasteiger partial charge in [0.1, 0.15) is 11.6 Å². The molecule has 0 saturated heterocycles. The van der Waals surface area contributed by atoms with Crippen LogP contribution in [0.5, 0.6) is 0 Å². The summed E-state index contributed by atoms with van der Waals surface area (Å²) in [5, 5.41) is -0.421. The largest absolute Gasteiger partial charge is 0.207 e. The Morgan fingerprint density at radius 1 is 1.40 bits per heavy atom. The number of alkyl halides is 1. The van der Waals surface area contributed by atoms with Gasteiger partial charge in [-0.2, -0.15) is 0 Å². The van der Waals surface area contributed by atoms with Crippen LogP contribution in [0, 0.1) is 23.0 Å². The third-order valence-corrected chi connectivity index (χ3v) is 3.74. The van der Waals surface area contributed by atoms with Crippen LogP contribution in [0.3, 0.4) is 0 Å². The zero-order valence-electron chi connectivity index (χ0n) is 8.73. The molecule has 0 aromatic heterocycles. The quantitative estimate of drug-likeness (QED) is 0.665. The number of halogens is 3. The first kappa shape index (κ1) is 10.9. The highest BCUT2D eigenvalue weighted by Crippen LogP contribution is 2.60. The topological polar surface area (TPSA) is 0 Å². The number of hydrogen-bond acceptors (Lipinski definition) is 0. The van der Waals surface area contributed by atoms with E-state index >= 15 is 0 Å². The smallest absolute Gasteiger partial charge is 0.128 e. The molecule has 82 valence electrons. The van der Waals surface area contributed by atoms with Crippen molar-refractivity contribution in [1.29, 1.82) is 0 Å². The molecule has 1 saturated carbocycles. The van der Waals surface area contributed by atoms with Crippen LogP contribution in [-0.4, -0.2) is 0 Å². The number of hydrogen-bond donors (Lipinski definition) is 0. The van der Waals surface area contributed by atoms with Gasteiger partial charge in [-0.05, 0) is 36.0 Å². The minimum absolute atomic E-state index is 0.158. The van der Waals surface area contributed by atoms with Gasteiger partial charge >= 0.3 is 0 Å². The molecule has 2 unspecified atom stereocenters. The van der Waals surface area contributed by atoms with Crippen LogP contribution in [0.15, 0.2) is 18.2 Å². The molecule has 0 spiro atoms. The first-order chi connectivity index (χ1) is 6.92. The minimum Gasteiger partial charge on any atom is -0.207 e. The van der Waals surface area contributed by atoms with E-state index in [2.05, 4.69) is 13.8 Å². The molecule has 2 rings (SSSR count). The summed E-state index contributed by atoms with van der Waals surface area (Å²) in [6, 6.07) is 3.44. The molecule has 1 aliphatic carbocycles. The molecule has 0 N–H and O–H groups in total. The van der Waals surface area contributed by atoms with Gasteiger partial charge < -0.3 is 0 Å². The Morgan fingerprint density at radius 3 is 2.53 bits per heavy atom. The average molecular weight is 231 g/mol. The second-order valence-corrected chi connectivity index (χ2v) is 5.34. The van der Waals surface area contributed by atoms with Gasteiger partial charge in [0, 0.05) is 5.56 Å². The van der Waals surface area contributed by atoms with Crippen LogP contribution in [0.1, 0.15) is 31.2 Å². The maximum absolute atomic E-state index is 13.4. The SMILES string of the molecule is CC1(C)CC1C(Cl)c1cc(F)ccc1F. The highest BCUT2D eigenvalue weighted by molar-refractivity contribution is 6.21. The summed E-state index contributed by atoms with van der Waals surface area (Å²) in [6.07, 6.45) is 0.969. The molecule has 0 heterocycles. The Hall–Kier alpha value is -0.630. The summed E-state index contributed by atoms with van der Waals surface area (Å²) in [5.41, 5.74) is 0.442. The molecule has 0 aliphatic heterocycles. The van der Waals surface area contributed by atoms with E-state index in [1.54, 1.807) is 0 Å². The number of rotatable bonds is 2. The molecule has 1 fully saturated rings. The average Bonchev–Trinajstić information content (AvgIpc) is 2.78. The summed E-state index contributed by atoms with van der Waals surface area (Å²) in [7, 11) is 0. The maximum Gasteiger partial charge on any atom is 0.128 e. The van der Waals surface area contributed by atoms with Gasteiger partial charge in [0.15, 0.2) is 0 Å². The zero-order chi connectivity index (χ0) is 11.2. The van der Waals surface area contributed by atoms with Crippen molar-refractivity contribution < 1.29 is 8.78 Å². The van der Waals surface area contributed by atoms with Crippen molar-refractivity contribution in [1.82, 2.24) is 0 Å².